The van der Waals surface area contributed by atoms with Crippen molar-refractivity contribution in [3.63, 3.8) is 0 Å². The first-order valence-electron chi connectivity index (χ1n) is 5.63. The Morgan fingerprint density at radius 3 is 2.08 bits per heavy atom. The molecule has 1 aliphatic carbocycles. The van der Waals surface area contributed by atoms with Gasteiger partial charge in [-0.05, 0) is 18.8 Å². The largest absolute Gasteiger partial charge is 0.375 e. The minimum absolute atomic E-state index is 0.213. The highest BCUT2D eigenvalue weighted by molar-refractivity contribution is 4.99. The highest BCUT2D eigenvalue weighted by Gasteiger charge is 2.43. The molecule has 1 heterocycles. The standard InChI is InChI=1S/C11H21NO/c1-13-11(8-12-9-11)10-6-4-2-3-5-7-10/h10,12H,2-9H2,1H3. The van der Waals surface area contributed by atoms with Crippen molar-refractivity contribution in [2.45, 2.75) is 44.1 Å². The zero-order valence-corrected chi connectivity index (χ0v) is 8.64. The van der Waals surface area contributed by atoms with E-state index in [2.05, 4.69) is 5.32 Å². The zero-order chi connectivity index (χ0) is 9.15. The molecule has 0 aromatic heterocycles. The van der Waals surface area contributed by atoms with Gasteiger partial charge in [0.15, 0.2) is 0 Å². The van der Waals surface area contributed by atoms with Gasteiger partial charge < -0.3 is 10.1 Å². The van der Waals surface area contributed by atoms with Crippen LogP contribution in [0, 0.1) is 5.92 Å². The second kappa shape index (κ2) is 3.97. The van der Waals surface area contributed by atoms with Gasteiger partial charge in [0.2, 0.25) is 0 Å². The third-order valence-electron chi connectivity index (χ3n) is 3.85. The molecule has 1 aliphatic heterocycles. The van der Waals surface area contributed by atoms with E-state index in [-0.39, 0.29) is 5.60 Å². The Balaban J connectivity index is 1.95. The summed E-state index contributed by atoms with van der Waals surface area (Å²) < 4.78 is 5.71. The predicted octanol–water partition coefficient (Wildman–Crippen LogP) is 1.95. The Bertz CT molecular complexity index is 152. The molecule has 0 aromatic rings. The van der Waals surface area contributed by atoms with E-state index in [1.165, 1.54) is 38.5 Å². The minimum Gasteiger partial charge on any atom is -0.375 e. The molecule has 76 valence electrons. The molecule has 0 amide bonds. The van der Waals surface area contributed by atoms with Crippen molar-refractivity contribution < 1.29 is 4.74 Å². The van der Waals surface area contributed by atoms with Crippen molar-refractivity contribution in [3.05, 3.63) is 0 Å². The van der Waals surface area contributed by atoms with Gasteiger partial charge in [0, 0.05) is 20.2 Å². The number of methoxy groups -OCH3 is 1. The molecule has 0 bridgehead atoms. The monoisotopic (exact) mass is 183 g/mol. The first-order chi connectivity index (χ1) is 6.37. The molecule has 0 atom stereocenters. The molecule has 0 unspecified atom stereocenters. The van der Waals surface area contributed by atoms with Gasteiger partial charge in [0.25, 0.3) is 0 Å². The summed E-state index contributed by atoms with van der Waals surface area (Å²) in [5.41, 5.74) is 0.213. The third kappa shape index (κ3) is 1.75. The van der Waals surface area contributed by atoms with Crippen molar-refractivity contribution in [2.24, 2.45) is 5.92 Å². The lowest BCUT2D eigenvalue weighted by Crippen LogP contribution is -2.64. The van der Waals surface area contributed by atoms with Gasteiger partial charge in [-0.25, -0.2) is 0 Å². The van der Waals surface area contributed by atoms with Gasteiger partial charge in [-0.15, -0.1) is 0 Å². The highest BCUT2D eigenvalue weighted by Crippen LogP contribution is 2.36. The van der Waals surface area contributed by atoms with E-state index in [1.807, 2.05) is 7.11 Å². The van der Waals surface area contributed by atoms with Crippen molar-refractivity contribution in [1.82, 2.24) is 5.32 Å². The fourth-order valence-electron chi connectivity index (χ4n) is 2.78. The van der Waals surface area contributed by atoms with Crippen molar-refractivity contribution in [3.8, 4) is 0 Å². The van der Waals surface area contributed by atoms with Crippen LogP contribution in [0.1, 0.15) is 38.5 Å². The predicted molar refractivity (Wildman–Crippen MR) is 53.8 cm³/mol. The normalized spacial score (nSPS) is 29.3. The van der Waals surface area contributed by atoms with Crippen LogP contribution in [-0.2, 0) is 4.74 Å². The van der Waals surface area contributed by atoms with Crippen LogP contribution in [0.3, 0.4) is 0 Å². The van der Waals surface area contributed by atoms with Crippen LogP contribution >= 0.6 is 0 Å². The molecule has 0 radical (unpaired) electrons. The average molecular weight is 183 g/mol. The maximum atomic E-state index is 5.71. The lowest BCUT2D eigenvalue weighted by Gasteiger charge is -2.47. The van der Waals surface area contributed by atoms with Gasteiger partial charge in [0.1, 0.15) is 0 Å². The summed E-state index contributed by atoms with van der Waals surface area (Å²) in [5, 5.41) is 3.35. The molecule has 13 heavy (non-hydrogen) atoms. The molecule has 2 nitrogen and oxygen atoms in total. The van der Waals surface area contributed by atoms with E-state index in [0.717, 1.165) is 19.0 Å². The molecule has 2 rings (SSSR count). The number of hydrogen-bond acceptors (Lipinski definition) is 2. The van der Waals surface area contributed by atoms with Crippen molar-refractivity contribution in [2.75, 3.05) is 20.2 Å². The molecule has 2 heteroatoms. The van der Waals surface area contributed by atoms with Gasteiger partial charge in [-0.1, -0.05) is 25.7 Å². The quantitative estimate of drug-likeness (QED) is 0.661. The Morgan fingerprint density at radius 2 is 1.69 bits per heavy atom. The van der Waals surface area contributed by atoms with E-state index in [4.69, 9.17) is 4.74 Å². The van der Waals surface area contributed by atoms with E-state index in [9.17, 15) is 0 Å². The van der Waals surface area contributed by atoms with Crippen LogP contribution < -0.4 is 5.32 Å². The fourth-order valence-corrected chi connectivity index (χ4v) is 2.78. The summed E-state index contributed by atoms with van der Waals surface area (Å²) in [6, 6.07) is 0. The van der Waals surface area contributed by atoms with Gasteiger partial charge in [-0.3, -0.25) is 0 Å². The fraction of sp³-hybridized carbons (Fsp3) is 1.00. The van der Waals surface area contributed by atoms with Crippen molar-refractivity contribution >= 4 is 0 Å². The van der Waals surface area contributed by atoms with E-state index in [1.54, 1.807) is 0 Å². The summed E-state index contributed by atoms with van der Waals surface area (Å²) >= 11 is 0. The molecule has 0 spiro atoms. The summed E-state index contributed by atoms with van der Waals surface area (Å²) in [6.45, 7) is 2.16. The molecular weight excluding hydrogens is 162 g/mol. The van der Waals surface area contributed by atoms with E-state index < -0.39 is 0 Å². The Kier molecular flexibility index (Phi) is 2.89. The maximum Gasteiger partial charge on any atom is 0.0953 e. The summed E-state index contributed by atoms with van der Waals surface area (Å²) in [7, 11) is 1.88. The van der Waals surface area contributed by atoms with Gasteiger partial charge in [0.05, 0.1) is 5.60 Å². The van der Waals surface area contributed by atoms with Crippen LogP contribution in [0.5, 0.6) is 0 Å². The number of nitrogens with one attached hydrogen (secondary N) is 1. The Morgan fingerprint density at radius 1 is 1.08 bits per heavy atom. The highest BCUT2D eigenvalue weighted by atomic mass is 16.5. The summed E-state index contributed by atoms with van der Waals surface area (Å²) in [5.74, 6) is 0.821. The molecule has 2 fully saturated rings. The molecular formula is C11H21NO. The smallest absolute Gasteiger partial charge is 0.0953 e. The maximum absolute atomic E-state index is 5.71. The lowest BCUT2D eigenvalue weighted by molar-refractivity contribution is -0.0990. The Labute approximate surface area is 81.0 Å². The van der Waals surface area contributed by atoms with Gasteiger partial charge >= 0.3 is 0 Å². The average Bonchev–Trinajstić information content (AvgIpc) is 2.32. The SMILES string of the molecule is COC1(C2CCCCCC2)CNC1. The minimum atomic E-state index is 0.213. The number of rotatable bonds is 2. The summed E-state index contributed by atoms with van der Waals surface area (Å²) in [6.07, 6.45) is 8.46. The molecule has 1 saturated heterocycles. The lowest BCUT2D eigenvalue weighted by atomic mass is 9.77. The number of hydrogen-bond donors (Lipinski definition) is 1. The molecule has 1 N–H and O–H groups in total. The van der Waals surface area contributed by atoms with E-state index in [0.29, 0.717) is 0 Å². The van der Waals surface area contributed by atoms with Crippen LogP contribution in [0.4, 0.5) is 0 Å². The number of ether oxygens (including phenoxy) is 1. The van der Waals surface area contributed by atoms with Crippen LogP contribution in [0.15, 0.2) is 0 Å². The van der Waals surface area contributed by atoms with Crippen molar-refractivity contribution in [1.29, 1.82) is 0 Å². The first kappa shape index (κ1) is 9.47. The van der Waals surface area contributed by atoms with Crippen LogP contribution in [0.2, 0.25) is 0 Å². The third-order valence-corrected chi connectivity index (χ3v) is 3.85. The van der Waals surface area contributed by atoms with Gasteiger partial charge in [-0.2, -0.15) is 0 Å². The zero-order valence-electron chi connectivity index (χ0n) is 8.64. The molecule has 1 saturated carbocycles. The molecule has 0 aromatic carbocycles. The summed E-state index contributed by atoms with van der Waals surface area (Å²) in [4.78, 5) is 0. The second-order valence-electron chi connectivity index (χ2n) is 4.56. The first-order valence-corrected chi connectivity index (χ1v) is 5.63. The molecule has 2 aliphatic rings. The Hall–Kier alpha value is -0.0800. The van der Waals surface area contributed by atoms with Crippen LogP contribution in [0.25, 0.3) is 0 Å². The topological polar surface area (TPSA) is 21.3 Å². The van der Waals surface area contributed by atoms with Crippen LogP contribution in [-0.4, -0.2) is 25.8 Å². The van der Waals surface area contributed by atoms with E-state index >= 15 is 0 Å². The second-order valence-corrected chi connectivity index (χ2v) is 4.56.